The minimum Gasteiger partial charge on any atom is -0.366 e. The summed E-state index contributed by atoms with van der Waals surface area (Å²) < 4.78 is 14.0. The molecule has 160 valence electrons. The van der Waals surface area contributed by atoms with Gasteiger partial charge in [-0.25, -0.2) is 4.39 Å². The summed E-state index contributed by atoms with van der Waals surface area (Å²) in [7, 11) is 0. The Hall–Kier alpha value is -2.40. The number of benzene rings is 2. The molecular weight excluding hydrogens is 377 g/mol. The van der Waals surface area contributed by atoms with Gasteiger partial charge in [-0.2, -0.15) is 0 Å². The van der Waals surface area contributed by atoms with Crippen molar-refractivity contribution in [3.8, 4) is 0 Å². The molecule has 0 aromatic heterocycles. The van der Waals surface area contributed by atoms with Crippen molar-refractivity contribution >= 4 is 11.6 Å². The van der Waals surface area contributed by atoms with E-state index >= 15 is 0 Å². The Morgan fingerprint density at radius 3 is 2.17 bits per heavy atom. The van der Waals surface area contributed by atoms with Crippen LogP contribution in [0.15, 0.2) is 48.5 Å². The summed E-state index contributed by atoms with van der Waals surface area (Å²) in [5.41, 5.74) is 3.37. The number of rotatable bonds is 5. The Labute approximate surface area is 179 Å². The average molecular weight is 410 g/mol. The first-order chi connectivity index (χ1) is 14.6. The minimum absolute atomic E-state index is 0.128. The quantitative estimate of drug-likeness (QED) is 0.748. The van der Waals surface area contributed by atoms with Gasteiger partial charge < -0.3 is 9.80 Å². The SMILES string of the molecule is CCc1ccc(CN2CCC(C(=O)N3CCN(c4ccccc4F)CC3)CC2)cc1. The van der Waals surface area contributed by atoms with Crippen molar-refractivity contribution in [3.63, 3.8) is 0 Å². The van der Waals surface area contributed by atoms with Crippen molar-refractivity contribution in [1.29, 1.82) is 0 Å². The van der Waals surface area contributed by atoms with Crippen LogP contribution in [0, 0.1) is 11.7 Å². The van der Waals surface area contributed by atoms with Crippen LogP contribution in [-0.4, -0.2) is 55.0 Å². The van der Waals surface area contributed by atoms with Gasteiger partial charge in [0, 0.05) is 38.6 Å². The van der Waals surface area contributed by atoms with Crippen molar-refractivity contribution in [2.45, 2.75) is 32.7 Å². The normalized spacial score (nSPS) is 18.6. The molecule has 2 saturated heterocycles. The number of anilines is 1. The molecule has 0 radical (unpaired) electrons. The van der Waals surface area contributed by atoms with Gasteiger partial charge in [0.1, 0.15) is 5.82 Å². The van der Waals surface area contributed by atoms with Crippen molar-refractivity contribution < 1.29 is 9.18 Å². The number of hydrogen-bond donors (Lipinski definition) is 0. The molecule has 4 rings (SSSR count). The summed E-state index contributed by atoms with van der Waals surface area (Å²) in [6, 6.07) is 15.8. The molecule has 0 saturated carbocycles. The average Bonchev–Trinajstić information content (AvgIpc) is 2.80. The molecule has 30 heavy (non-hydrogen) atoms. The van der Waals surface area contributed by atoms with E-state index in [1.54, 1.807) is 6.07 Å². The summed E-state index contributed by atoms with van der Waals surface area (Å²) in [5, 5.41) is 0. The maximum atomic E-state index is 14.0. The van der Waals surface area contributed by atoms with Gasteiger partial charge in [0.05, 0.1) is 5.69 Å². The summed E-state index contributed by atoms with van der Waals surface area (Å²) in [4.78, 5) is 19.5. The lowest BCUT2D eigenvalue weighted by molar-refractivity contribution is -0.137. The fourth-order valence-electron chi connectivity index (χ4n) is 4.61. The number of carbonyl (C=O) groups is 1. The fourth-order valence-corrected chi connectivity index (χ4v) is 4.61. The molecule has 0 aliphatic carbocycles. The van der Waals surface area contributed by atoms with Gasteiger partial charge in [0.15, 0.2) is 0 Å². The van der Waals surface area contributed by atoms with Crippen LogP contribution in [0.3, 0.4) is 0 Å². The molecule has 0 atom stereocenters. The number of hydrogen-bond acceptors (Lipinski definition) is 3. The molecule has 4 nitrogen and oxygen atoms in total. The van der Waals surface area contributed by atoms with E-state index in [1.165, 1.54) is 17.2 Å². The second-order valence-electron chi connectivity index (χ2n) is 8.48. The smallest absolute Gasteiger partial charge is 0.225 e. The van der Waals surface area contributed by atoms with E-state index in [4.69, 9.17) is 0 Å². The number of likely N-dealkylation sites (tertiary alicyclic amines) is 1. The first kappa shape index (κ1) is 20.9. The van der Waals surface area contributed by atoms with Crippen molar-refractivity contribution in [2.24, 2.45) is 5.92 Å². The third kappa shape index (κ3) is 4.84. The number of piperazine rings is 1. The van der Waals surface area contributed by atoms with E-state index in [1.807, 2.05) is 21.9 Å². The van der Waals surface area contributed by atoms with Crippen LogP contribution in [0.1, 0.15) is 30.9 Å². The fraction of sp³-hybridized carbons (Fsp3) is 0.480. The molecule has 0 bridgehead atoms. The summed E-state index contributed by atoms with van der Waals surface area (Å²) >= 11 is 0. The van der Waals surface area contributed by atoms with Crippen molar-refractivity contribution in [3.05, 3.63) is 65.5 Å². The number of para-hydroxylation sites is 1. The molecule has 2 aromatic carbocycles. The van der Waals surface area contributed by atoms with Crippen LogP contribution in [0.5, 0.6) is 0 Å². The summed E-state index contributed by atoms with van der Waals surface area (Å²) in [6.45, 7) is 7.83. The van der Waals surface area contributed by atoms with Gasteiger partial charge in [0.2, 0.25) is 5.91 Å². The van der Waals surface area contributed by atoms with Crippen LogP contribution >= 0.6 is 0 Å². The summed E-state index contributed by atoms with van der Waals surface area (Å²) in [6.07, 6.45) is 2.93. The minimum atomic E-state index is -0.186. The molecule has 2 aliphatic heterocycles. The number of aryl methyl sites for hydroxylation is 1. The molecule has 2 heterocycles. The number of piperidine rings is 1. The lowest BCUT2D eigenvalue weighted by Crippen LogP contribution is -2.51. The van der Waals surface area contributed by atoms with E-state index in [0.717, 1.165) is 38.9 Å². The lowest BCUT2D eigenvalue weighted by Gasteiger charge is -2.39. The van der Waals surface area contributed by atoms with Gasteiger partial charge in [-0.05, 0) is 55.6 Å². The van der Waals surface area contributed by atoms with Crippen LogP contribution in [-0.2, 0) is 17.8 Å². The van der Waals surface area contributed by atoms with Gasteiger partial charge in [0.25, 0.3) is 0 Å². The van der Waals surface area contributed by atoms with Crippen LogP contribution in [0.4, 0.5) is 10.1 Å². The Balaban J connectivity index is 1.24. The number of halogens is 1. The topological polar surface area (TPSA) is 26.8 Å². The van der Waals surface area contributed by atoms with Gasteiger partial charge in [-0.1, -0.05) is 43.3 Å². The van der Waals surface area contributed by atoms with Crippen molar-refractivity contribution in [2.75, 3.05) is 44.2 Å². The molecular formula is C25H32FN3O. The lowest BCUT2D eigenvalue weighted by atomic mass is 9.94. The van der Waals surface area contributed by atoms with Crippen LogP contribution in [0.2, 0.25) is 0 Å². The van der Waals surface area contributed by atoms with E-state index in [-0.39, 0.29) is 17.6 Å². The zero-order chi connectivity index (χ0) is 20.9. The Bertz CT molecular complexity index is 838. The zero-order valence-corrected chi connectivity index (χ0v) is 17.9. The maximum Gasteiger partial charge on any atom is 0.225 e. The maximum absolute atomic E-state index is 14.0. The molecule has 1 amide bonds. The van der Waals surface area contributed by atoms with Gasteiger partial charge in [-0.3, -0.25) is 9.69 Å². The predicted molar refractivity (Wildman–Crippen MR) is 119 cm³/mol. The first-order valence-electron chi connectivity index (χ1n) is 11.2. The molecule has 5 heteroatoms. The first-order valence-corrected chi connectivity index (χ1v) is 11.2. The second-order valence-corrected chi connectivity index (χ2v) is 8.48. The highest BCUT2D eigenvalue weighted by atomic mass is 19.1. The van der Waals surface area contributed by atoms with E-state index in [9.17, 15) is 9.18 Å². The predicted octanol–water partition coefficient (Wildman–Crippen LogP) is 3.95. The van der Waals surface area contributed by atoms with E-state index in [0.29, 0.717) is 31.9 Å². The van der Waals surface area contributed by atoms with E-state index in [2.05, 4.69) is 36.1 Å². The van der Waals surface area contributed by atoms with Crippen LogP contribution in [0.25, 0.3) is 0 Å². The monoisotopic (exact) mass is 409 g/mol. The van der Waals surface area contributed by atoms with Crippen LogP contribution < -0.4 is 4.90 Å². The Morgan fingerprint density at radius 1 is 0.900 bits per heavy atom. The largest absolute Gasteiger partial charge is 0.366 e. The second kappa shape index (κ2) is 9.61. The number of carbonyl (C=O) groups excluding carboxylic acids is 1. The Kier molecular flexibility index (Phi) is 6.68. The molecule has 2 aromatic rings. The third-order valence-corrected chi connectivity index (χ3v) is 6.56. The van der Waals surface area contributed by atoms with Gasteiger partial charge in [-0.15, -0.1) is 0 Å². The third-order valence-electron chi connectivity index (χ3n) is 6.56. The van der Waals surface area contributed by atoms with E-state index < -0.39 is 0 Å². The highest BCUT2D eigenvalue weighted by molar-refractivity contribution is 5.79. The zero-order valence-electron chi connectivity index (χ0n) is 17.9. The Morgan fingerprint density at radius 2 is 1.53 bits per heavy atom. The van der Waals surface area contributed by atoms with Crippen molar-refractivity contribution in [1.82, 2.24) is 9.80 Å². The highest BCUT2D eigenvalue weighted by Crippen LogP contribution is 2.24. The number of amides is 1. The molecule has 2 aliphatic rings. The molecule has 0 spiro atoms. The van der Waals surface area contributed by atoms with Gasteiger partial charge >= 0.3 is 0 Å². The number of nitrogens with zero attached hydrogens (tertiary/aromatic N) is 3. The molecule has 0 N–H and O–H groups in total. The highest BCUT2D eigenvalue weighted by Gasteiger charge is 2.30. The standard InChI is InChI=1S/C25H32FN3O/c1-2-20-7-9-21(10-8-20)19-27-13-11-22(12-14-27)25(30)29-17-15-28(16-18-29)24-6-4-3-5-23(24)26/h3-10,22H,2,11-19H2,1H3. The molecule has 0 unspecified atom stereocenters. The molecule has 2 fully saturated rings. The summed E-state index contributed by atoms with van der Waals surface area (Å²) in [5.74, 6) is 0.229.